The van der Waals surface area contributed by atoms with E-state index in [1.807, 2.05) is 6.07 Å². The number of phenolic OH excluding ortho intramolecular Hbond substituents is 1. The number of phenols is 1. The molecule has 0 atom stereocenters. The molecule has 0 unspecified atom stereocenters. The Balaban J connectivity index is 2.18. The summed E-state index contributed by atoms with van der Waals surface area (Å²) in [5, 5.41) is 12.3. The summed E-state index contributed by atoms with van der Waals surface area (Å²) in [5.41, 5.74) is 1.00. The fraction of sp³-hybridized carbons (Fsp3) is 0.455. The monoisotopic (exact) mass is 195 g/mol. The second kappa shape index (κ2) is 3.96. The molecule has 0 bridgehead atoms. The van der Waals surface area contributed by atoms with Crippen LogP contribution in [0.5, 0.6) is 5.75 Å². The quantitative estimate of drug-likeness (QED) is 0.718. The molecule has 0 radical (unpaired) electrons. The van der Waals surface area contributed by atoms with Crippen LogP contribution in [0.15, 0.2) is 18.2 Å². The van der Waals surface area contributed by atoms with Gasteiger partial charge in [0.15, 0.2) is 11.6 Å². The molecule has 2 nitrogen and oxygen atoms in total. The van der Waals surface area contributed by atoms with Gasteiger partial charge >= 0.3 is 0 Å². The van der Waals surface area contributed by atoms with Gasteiger partial charge in [0.1, 0.15) is 0 Å². The Morgan fingerprint density at radius 3 is 2.64 bits per heavy atom. The van der Waals surface area contributed by atoms with Crippen molar-refractivity contribution in [2.24, 2.45) is 0 Å². The maximum atomic E-state index is 13.1. The van der Waals surface area contributed by atoms with Gasteiger partial charge in [0.25, 0.3) is 0 Å². The minimum absolute atomic E-state index is 0.261. The molecule has 3 heteroatoms. The highest BCUT2D eigenvalue weighted by Crippen LogP contribution is 2.27. The molecule has 0 aliphatic carbocycles. The van der Waals surface area contributed by atoms with Crippen molar-refractivity contribution in [2.75, 3.05) is 13.1 Å². The van der Waals surface area contributed by atoms with Crippen LogP contribution in [0.3, 0.4) is 0 Å². The van der Waals surface area contributed by atoms with Gasteiger partial charge in [-0.15, -0.1) is 0 Å². The number of hydrogen-bond acceptors (Lipinski definition) is 2. The van der Waals surface area contributed by atoms with Crippen LogP contribution in [0, 0.1) is 5.82 Å². The van der Waals surface area contributed by atoms with E-state index in [1.165, 1.54) is 12.1 Å². The molecule has 0 aromatic heterocycles. The summed E-state index contributed by atoms with van der Waals surface area (Å²) in [5.74, 6) is -0.338. The first-order valence-electron chi connectivity index (χ1n) is 4.96. The lowest BCUT2D eigenvalue weighted by Crippen LogP contribution is -2.26. The molecule has 14 heavy (non-hydrogen) atoms. The van der Waals surface area contributed by atoms with Crippen molar-refractivity contribution in [3.8, 4) is 5.75 Å². The van der Waals surface area contributed by atoms with E-state index in [0.29, 0.717) is 5.92 Å². The molecule has 1 aromatic carbocycles. The van der Waals surface area contributed by atoms with E-state index in [-0.39, 0.29) is 5.75 Å². The molecule has 1 aliphatic rings. The van der Waals surface area contributed by atoms with E-state index in [4.69, 9.17) is 5.11 Å². The zero-order valence-corrected chi connectivity index (χ0v) is 7.96. The molecule has 76 valence electrons. The number of hydrogen-bond donors (Lipinski definition) is 2. The number of halogens is 1. The summed E-state index contributed by atoms with van der Waals surface area (Å²) < 4.78 is 13.1. The number of rotatable bonds is 1. The van der Waals surface area contributed by atoms with Gasteiger partial charge < -0.3 is 10.4 Å². The lowest BCUT2D eigenvalue weighted by atomic mass is 9.90. The predicted molar refractivity (Wildman–Crippen MR) is 52.9 cm³/mol. The van der Waals surface area contributed by atoms with Crippen LogP contribution in [-0.4, -0.2) is 18.2 Å². The molecule has 2 rings (SSSR count). The van der Waals surface area contributed by atoms with Crippen LogP contribution in [-0.2, 0) is 0 Å². The largest absolute Gasteiger partial charge is 0.505 e. The Kier molecular flexibility index (Phi) is 2.68. The maximum Gasteiger partial charge on any atom is 0.165 e. The van der Waals surface area contributed by atoms with Crippen LogP contribution < -0.4 is 5.32 Å². The van der Waals surface area contributed by atoms with Crippen LogP contribution in [0.4, 0.5) is 4.39 Å². The van der Waals surface area contributed by atoms with Gasteiger partial charge in [-0.1, -0.05) is 6.07 Å². The Morgan fingerprint density at radius 1 is 1.29 bits per heavy atom. The van der Waals surface area contributed by atoms with E-state index in [0.717, 1.165) is 31.5 Å². The van der Waals surface area contributed by atoms with Crippen LogP contribution in [0.1, 0.15) is 24.3 Å². The molecule has 1 saturated heterocycles. The zero-order valence-electron chi connectivity index (χ0n) is 7.96. The van der Waals surface area contributed by atoms with Gasteiger partial charge in [-0.05, 0) is 49.5 Å². The zero-order chi connectivity index (χ0) is 9.97. The van der Waals surface area contributed by atoms with Crippen molar-refractivity contribution in [1.82, 2.24) is 5.32 Å². The third-order valence-electron chi connectivity index (χ3n) is 2.78. The smallest absolute Gasteiger partial charge is 0.165 e. The molecular formula is C11H14FNO. The highest BCUT2D eigenvalue weighted by molar-refractivity contribution is 5.30. The van der Waals surface area contributed by atoms with E-state index < -0.39 is 5.82 Å². The molecule has 2 N–H and O–H groups in total. The number of nitrogens with one attached hydrogen (secondary N) is 1. The summed E-state index contributed by atoms with van der Waals surface area (Å²) in [6.07, 6.45) is 2.09. The van der Waals surface area contributed by atoms with Gasteiger partial charge in [0.05, 0.1) is 0 Å². The van der Waals surface area contributed by atoms with E-state index in [2.05, 4.69) is 5.32 Å². The maximum absolute atomic E-state index is 13.1. The normalized spacial score (nSPS) is 18.4. The summed E-state index contributed by atoms with van der Waals surface area (Å²) in [6.45, 7) is 1.99. The topological polar surface area (TPSA) is 32.3 Å². The Bertz CT molecular complexity index is 321. The highest BCUT2D eigenvalue weighted by Gasteiger charge is 2.16. The number of benzene rings is 1. The lowest BCUT2D eigenvalue weighted by molar-refractivity contribution is 0.426. The fourth-order valence-corrected chi connectivity index (χ4v) is 1.93. The minimum Gasteiger partial charge on any atom is -0.505 e. The van der Waals surface area contributed by atoms with Gasteiger partial charge in [-0.25, -0.2) is 4.39 Å². The molecule has 1 fully saturated rings. The molecule has 0 saturated carbocycles. The predicted octanol–water partition coefficient (Wildman–Crippen LogP) is 2.00. The van der Waals surface area contributed by atoms with Crippen molar-refractivity contribution in [3.05, 3.63) is 29.6 Å². The summed E-state index contributed by atoms with van der Waals surface area (Å²) in [7, 11) is 0. The first-order chi connectivity index (χ1) is 6.77. The molecule has 1 heterocycles. The van der Waals surface area contributed by atoms with Gasteiger partial charge in [-0.2, -0.15) is 0 Å². The van der Waals surface area contributed by atoms with E-state index >= 15 is 0 Å². The third-order valence-corrected chi connectivity index (χ3v) is 2.78. The SMILES string of the molecule is Oc1ccc(C2CCNCC2)cc1F. The van der Waals surface area contributed by atoms with E-state index in [1.54, 1.807) is 0 Å². The summed E-state index contributed by atoms with van der Waals surface area (Å²) in [6, 6.07) is 4.70. The number of piperidine rings is 1. The average Bonchev–Trinajstić information content (AvgIpc) is 2.23. The van der Waals surface area contributed by atoms with Crippen molar-refractivity contribution >= 4 is 0 Å². The van der Waals surface area contributed by atoms with Crippen LogP contribution in [0.25, 0.3) is 0 Å². The molecule has 1 aliphatic heterocycles. The first-order valence-corrected chi connectivity index (χ1v) is 4.96. The van der Waals surface area contributed by atoms with Crippen molar-refractivity contribution in [3.63, 3.8) is 0 Å². The summed E-state index contributed by atoms with van der Waals surface area (Å²) in [4.78, 5) is 0. The van der Waals surface area contributed by atoms with Crippen molar-refractivity contribution in [2.45, 2.75) is 18.8 Å². The van der Waals surface area contributed by atoms with Gasteiger partial charge in [0.2, 0.25) is 0 Å². The van der Waals surface area contributed by atoms with Gasteiger partial charge in [-0.3, -0.25) is 0 Å². The molecule has 1 aromatic rings. The number of aromatic hydroxyl groups is 1. The Hall–Kier alpha value is -1.09. The van der Waals surface area contributed by atoms with Crippen molar-refractivity contribution in [1.29, 1.82) is 0 Å². The molecule has 0 amide bonds. The second-order valence-corrected chi connectivity index (χ2v) is 3.74. The van der Waals surface area contributed by atoms with Crippen molar-refractivity contribution < 1.29 is 9.50 Å². The lowest BCUT2D eigenvalue weighted by Gasteiger charge is -2.22. The fourth-order valence-electron chi connectivity index (χ4n) is 1.93. The first kappa shape index (κ1) is 9.46. The molecular weight excluding hydrogens is 181 g/mol. The third kappa shape index (κ3) is 1.87. The van der Waals surface area contributed by atoms with Crippen LogP contribution >= 0.6 is 0 Å². The van der Waals surface area contributed by atoms with E-state index in [9.17, 15) is 4.39 Å². The summed E-state index contributed by atoms with van der Waals surface area (Å²) >= 11 is 0. The molecule has 0 spiro atoms. The minimum atomic E-state index is -0.513. The highest BCUT2D eigenvalue weighted by atomic mass is 19.1. The van der Waals surface area contributed by atoms with Gasteiger partial charge in [0, 0.05) is 0 Å². The Morgan fingerprint density at radius 2 is 2.00 bits per heavy atom. The van der Waals surface area contributed by atoms with Crippen LogP contribution in [0.2, 0.25) is 0 Å². The Labute approximate surface area is 82.8 Å². The standard InChI is InChI=1S/C11H14FNO/c12-10-7-9(1-2-11(10)14)8-3-5-13-6-4-8/h1-2,7-8,13-14H,3-6H2. The second-order valence-electron chi connectivity index (χ2n) is 3.74. The average molecular weight is 195 g/mol.